The number of benzene rings is 1. The fourth-order valence-corrected chi connectivity index (χ4v) is 7.52. The number of hydroxylamine groups is 2. The number of amides is 4. The Morgan fingerprint density at radius 1 is 1.00 bits per heavy atom. The summed E-state index contributed by atoms with van der Waals surface area (Å²) in [7, 11) is 1.57. The van der Waals surface area contributed by atoms with Crippen LogP contribution in [0.25, 0.3) is 0 Å². The molecule has 0 aromatic heterocycles. The second-order valence-corrected chi connectivity index (χ2v) is 16.0. The Morgan fingerprint density at radius 3 is 2.39 bits per heavy atom. The van der Waals surface area contributed by atoms with Crippen molar-refractivity contribution in [2.45, 2.75) is 116 Å². The highest BCUT2D eigenvalue weighted by molar-refractivity contribution is 6.34. The van der Waals surface area contributed by atoms with Crippen molar-refractivity contribution in [1.29, 1.82) is 0 Å². The molecule has 0 saturated carbocycles. The number of carbonyl (C=O) groups is 7. The van der Waals surface area contributed by atoms with Crippen molar-refractivity contribution < 1.29 is 62.5 Å². The van der Waals surface area contributed by atoms with Crippen LogP contribution in [0.2, 0.25) is 5.02 Å². The highest BCUT2D eigenvalue weighted by Gasteiger charge is 2.64. The summed E-state index contributed by atoms with van der Waals surface area (Å²) in [6.45, 7) is 10.1. The van der Waals surface area contributed by atoms with Crippen molar-refractivity contribution in [3.05, 3.63) is 52.1 Å². The molecule has 4 amide bonds. The zero-order valence-electron chi connectivity index (χ0n) is 33.1. The third-order valence-electron chi connectivity index (χ3n) is 11.0. The van der Waals surface area contributed by atoms with E-state index >= 15 is 0 Å². The number of imide groups is 1. The average Bonchev–Trinajstić information content (AvgIpc) is 3.77. The first-order chi connectivity index (χ1) is 26.7. The molecule has 5 rings (SSSR count). The summed E-state index contributed by atoms with van der Waals surface area (Å²) in [6.07, 6.45) is 0.899. The van der Waals surface area contributed by atoms with Crippen LogP contribution in [0.4, 0.5) is 10.5 Å². The third-order valence-corrected chi connectivity index (χ3v) is 11.5. The van der Waals surface area contributed by atoms with E-state index in [1.54, 1.807) is 33.9 Å². The number of alkyl carbamates (subject to hydrolysis) is 1. The predicted molar refractivity (Wildman–Crippen MR) is 202 cm³/mol. The number of nitrogens with zero attached hydrogens (tertiary/aromatic N) is 2. The number of epoxide rings is 1. The van der Waals surface area contributed by atoms with Crippen LogP contribution in [0.1, 0.15) is 84.3 Å². The Morgan fingerprint density at radius 2 is 1.70 bits per heavy atom. The summed E-state index contributed by atoms with van der Waals surface area (Å²) in [6, 6.07) is 3.76. The standard InChI is InChI=1S/C40H50ClN3O13/c1-21-9-8-10-24(4)40(52)20-28(54-38(51)42-40)25(5)36-39(6,56-36)29(19-30(45)43(7)27-18-26(15-21)16-22(2)35(27)41)55-33(48)13-14-53-32(47)11-12-34(49)57-44-31(46)17-23(3)37(44)50/h8-10,16,18,23-25,28-29,36,52H,11-15,17,19-20H2,1-7H3,(H,42,51)/b10-8+,21-9+. The number of fused-ring (bicyclic) bond motifs is 5. The Bertz CT molecular complexity index is 1880. The Kier molecular flexibility index (Phi) is 13.2. The minimum absolute atomic E-state index is 0.0244. The maximum Gasteiger partial charge on any atom is 0.409 e. The quantitative estimate of drug-likeness (QED) is 0.164. The van der Waals surface area contributed by atoms with Crippen molar-refractivity contribution in [3.63, 3.8) is 0 Å². The lowest BCUT2D eigenvalue weighted by atomic mass is 9.82. The van der Waals surface area contributed by atoms with E-state index in [0.717, 1.165) is 16.7 Å². The zero-order valence-corrected chi connectivity index (χ0v) is 33.9. The number of hydrogen-bond acceptors (Lipinski definition) is 13. The summed E-state index contributed by atoms with van der Waals surface area (Å²) in [4.78, 5) is 94.6. The Labute approximate surface area is 335 Å². The molecule has 17 heteroatoms. The maximum absolute atomic E-state index is 14.0. The number of rotatable bonds is 8. The highest BCUT2D eigenvalue weighted by Crippen LogP contribution is 2.49. The second-order valence-electron chi connectivity index (χ2n) is 15.6. The molecule has 4 heterocycles. The first kappa shape index (κ1) is 43.3. The number of esters is 2. The van der Waals surface area contributed by atoms with Gasteiger partial charge in [-0.25, -0.2) is 9.59 Å². The maximum atomic E-state index is 14.0. The number of halogens is 1. The van der Waals surface area contributed by atoms with Gasteiger partial charge < -0.3 is 33.8 Å². The van der Waals surface area contributed by atoms with E-state index in [2.05, 4.69) is 5.32 Å². The number of aliphatic hydroxyl groups is 1. The average molecular weight is 816 g/mol. The summed E-state index contributed by atoms with van der Waals surface area (Å²) < 4.78 is 22.8. The molecule has 0 aliphatic carbocycles. The van der Waals surface area contributed by atoms with E-state index in [1.807, 2.05) is 38.1 Å². The van der Waals surface area contributed by atoms with E-state index < -0.39 is 115 Å². The van der Waals surface area contributed by atoms with Gasteiger partial charge in [0.25, 0.3) is 11.8 Å². The molecule has 4 aliphatic rings. The Hall–Kier alpha value is -4.80. The lowest BCUT2D eigenvalue weighted by Gasteiger charge is -2.41. The zero-order chi connectivity index (χ0) is 42.0. The number of ether oxygens (including phenoxy) is 4. The van der Waals surface area contributed by atoms with Gasteiger partial charge in [0.2, 0.25) is 5.91 Å². The summed E-state index contributed by atoms with van der Waals surface area (Å²) in [5, 5.41) is 15.0. The molecule has 8 atom stereocenters. The molecule has 3 saturated heterocycles. The smallest absolute Gasteiger partial charge is 0.409 e. The van der Waals surface area contributed by atoms with Gasteiger partial charge in [-0.3, -0.25) is 29.3 Å². The van der Waals surface area contributed by atoms with E-state index in [9.17, 15) is 38.7 Å². The van der Waals surface area contributed by atoms with E-state index in [-0.39, 0.29) is 19.3 Å². The van der Waals surface area contributed by atoms with E-state index in [4.69, 9.17) is 35.4 Å². The van der Waals surface area contributed by atoms with Crippen LogP contribution in [-0.2, 0) is 59.0 Å². The number of allylic oxidation sites excluding steroid dienone is 3. The van der Waals surface area contributed by atoms with Crippen LogP contribution in [0, 0.1) is 24.7 Å². The van der Waals surface area contributed by atoms with E-state index in [0.29, 0.717) is 22.2 Å². The minimum atomic E-state index is -1.64. The molecule has 2 N–H and O–H groups in total. The molecule has 4 bridgehead atoms. The largest absolute Gasteiger partial charge is 0.465 e. The number of aryl methyl sites for hydroxylation is 1. The fraction of sp³-hybridized carbons (Fsp3) is 0.575. The Balaban J connectivity index is 1.30. The number of hydrogen-bond donors (Lipinski definition) is 2. The number of carbonyl (C=O) groups excluding carboxylic acids is 7. The van der Waals surface area contributed by atoms with Gasteiger partial charge in [-0.1, -0.05) is 62.2 Å². The molecule has 1 aromatic carbocycles. The van der Waals surface area contributed by atoms with Crippen LogP contribution >= 0.6 is 11.6 Å². The van der Waals surface area contributed by atoms with Gasteiger partial charge in [0, 0.05) is 37.6 Å². The van der Waals surface area contributed by atoms with Crippen LogP contribution in [0.5, 0.6) is 0 Å². The van der Waals surface area contributed by atoms with Crippen molar-refractivity contribution >= 4 is 59.0 Å². The molecule has 8 unspecified atom stereocenters. The molecule has 310 valence electrons. The summed E-state index contributed by atoms with van der Waals surface area (Å²) >= 11 is 6.73. The van der Waals surface area contributed by atoms with Crippen molar-refractivity contribution in [2.24, 2.45) is 17.8 Å². The van der Waals surface area contributed by atoms with Gasteiger partial charge in [-0.15, -0.1) is 5.06 Å². The van der Waals surface area contributed by atoms with Crippen LogP contribution in [-0.4, -0.2) is 95.2 Å². The van der Waals surface area contributed by atoms with Crippen molar-refractivity contribution in [2.75, 3.05) is 18.6 Å². The van der Waals surface area contributed by atoms with Crippen LogP contribution in [0.3, 0.4) is 0 Å². The monoisotopic (exact) mass is 815 g/mol. The molecular formula is C40H50ClN3O13. The summed E-state index contributed by atoms with van der Waals surface area (Å²) in [5.74, 6) is -6.04. The fourth-order valence-electron chi connectivity index (χ4n) is 7.29. The third kappa shape index (κ3) is 10.0. The van der Waals surface area contributed by atoms with Gasteiger partial charge in [0.1, 0.15) is 30.1 Å². The van der Waals surface area contributed by atoms with Crippen LogP contribution < -0.4 is 10.2 Å². The molecule has 0 spiro atoms. The van der Waals surface area contributed by atoms with Crippen molar-refractivity contribution in [1.82, 2.24) is 10.4 Å². The van der Waals surface area contributed by atoms with Gasteiger partial charge in [-0.05, 0) is 44.4 Å². The predicted octanol–water partition coefficient (Wildman–Crippen LogP) is 4.16. The molecule has 0 radical (unpaired) electrons. The molecule has 57 heavy (non-hydrogen) atoms. The first-order valence-electron chi connectivity index (χ1n) is 18.9. The molecular weight excluding hydrogens is 766 g/mol. The number of nitrogens with one attached hydrogen (secondary N) is 1. The molecule has 1 aromatic rings. The second kappa shape index (κ2) is 17.4. The van der Waals surface area contributed by atoms with Gasteiger partial charge in [0.15, 0.2) is 0 Å². The molecule has 16 nitrogen and oxygen atoms in total. The lowest BCUT2D eigenvalue weighted by Crippen LogP contribution is -2.60. The first-order valence-corrected chi connectivity index (χ1v) is 19.3. The van der Waals surface area contributed by atoms with Gasteiger partial charge in [0.05, 0.1) is 42.5 Å². The van der Waals surface area contributed by atoms with Gasteiger partial charge >= 0.3 is 24.0 Å². The lowest BCUT2D eigenvalue weighted by molar-refractivity contribution is -0.198. The molecule has 3 fully saturated rings. The summed E-state index contributed by atoms with van der Waals surface area (Å²) in [5.41, 5.74) is 0.219. The highest BCUT2D eigenvalue weighted by atomic mass is 35.5. The SMILES string of the molecule is C/C1=C\C=C\C(C)C2(O)CC(OC(=O)N2)C(C)C2OC2(C)C(OC(=O)CCOC(=O)CCC(=O)ON2C(=O)CC(C)C2=O)CC(=O)N(C)c2cc(cc(C)c2Cl)C1. The normalized spacial score (nSPS) is 32.0. The van der Waals surface area contributed by atoms with Crippen molar-refractivity contribution in [3.8, 4) is 0 Å². The van der Waals surface area contributed by atoms with Gasteiger partial charge in [-0.2, -0.15) is 0 Å². The van der Waals surface area contributed by atoms with E-state index in [1.165, 1.54) is 11.8 Å². The molecule has 4 aliphatic heterocycles. The van der Waals surface area contributed by atoms with Crippen LogP contribution in [0.15, 0.2) is 35.9 Å². The topological polar surface area (TPSA) is 208 Å². The minimum Gasteiger partial charge on any atom is -0.465 e. The number of anilines is 1.